The van der Waals surface area contributed by atoms with Crippen LogP contribution >= 0.6 is 0 Å². The summed E-state index contributed by atoms with van der Waals surface area (Å²) in [4.78, 5) is 50.0. The van der Waals surface area contributed by atoms with Crippen molar-refractivity contribution >= 4 is 33.5 Å². The minimum absolute atomic E-state index is 0.0746. The minimum atomic E-state index is -3.06. The number of hydrogen-bond donors (Lipinski definition) is 3. The topological polar surface area (TPSA) is 142 Å². The highest BCUT2D eigenvalue weighted by atomic mass is 32.2. The first-order valence-electron chi connectivity index (χ1n) is 10.3. The van der Waals surface area contributed by atoms with Crippen LogP contribution in [0.15, 0.2) is 18.2 Å². The van der Waals surface area contributed by atoms with Gasteiger partial charge in [0, 0.05) is 26.1 Å². The summed E-state index contributed by atoms with van der Waals surface area (Å²) in [5, 5.41) is 8.05. The van der Waals surface area contributed by atoms with Gasteiger partial charge in [0.1, 0.15) is 6.04 Å². The fourth-order valence-electron chi connectivity index (χ4n) is 4.18. The second-order valence-corrected chi connectivity index (χ2v) is 10.4. The maximum atomic E-state index is 12.8. The number of nitrogens with one attached hydrogen (secondary N) is 3. The van der Waals surface area contributed by atoms with Gasteiger partial charge in [0.15, 0.2) is 9.84 Å². The van der Waals surface area contributed by atoms with Crippen molar-refractivity contribution < 1.29 is 27.6 Å². The smallest absolute Gasteiger partial charge is 0.262 e. The maximum Gasteiger partial charge on any atom is 0.262 e. The first-order chi connectivity index (χ1) is 14.8. The van der Waals surface area contributed by atoms with Gasteiger partial charge in [-0.15, -0.1) is 0 Å². The molecule has 2 fully saturated rings. The number of benzene rings is 1. The Morgan fingerprint density at radius 2 is 1.87 bits per heavy atom. The first-order valence-corrected chi connectivity index (χ1v) is 12.0. The Balaban J connectivity index is 1.38. The molecule has 3 N–H and O–H groups in total. The normalized spacial score (nSPS) is 25.5. The fourth-order valence-corrected chi connectivity index (χ4v) is 5.79. The van der Waals surface area contributed by atoms with Crippen molar-refractivity contribution in [3.8, 4) is 0 Å². The lowest BCUT2D eigenvalue weighted by Crippen LogP contribution is -2.54. The summed E-state index contributed by atoms with van der Waals surface area (Å²) in [6, 6.07) is 3.92. The third-order valence-electron chi connectivity index (χ3n) is 5.92. The average Bonchev–Trinajstić information content (AvgIpc) is 2.96. The Bertz CT molecular complexity index is 1050. The number of piperidine rings is 1. The number of carbonyl (C=O) groups is 4. The van der Waals surface area contributed by atoms with Crippen molar-refractivity contribution in [2.24, 2.45) is 0 Å². The molecule has 0 radical (unpaired) electrons. The highest BCUT2D eigenvalue weighted by molar-refractivity contribution is 7.92. The van der Waals surface area contributed by atoms with Gasteiger partial charge in [-0.3, -0.25) is 29.4 Å². The lowest BCUT2D eigenvalue weighted by Gasteiger charge is -2.27. The van der Waals surface area contributed by atoms with E-state index in [9.17, 15) is 27.6 Å². The van der Waals surface area contributed by atoms with Crippen molar-refractivity contribution in [1.82, 2.24) is 20.9 Å². The average molecular weight is 449 g/mol. The van der Waals surface area contributed by atoms with E-state index >= 15 is 0 Å². The molecule has 166 valence electrons. The number of sulfone groups is 1. The molecule has 0 spiro atoms. The van der Waals surface area contributed by atoms with Crippen molar-refractivity contribution in [3.05, 3.63) is 34.9 Å². The van der Waals surface area contributed by atoms with Gasteiger partial charge in [0.25, 0.3) is 11.8 Å². The van der Waals surface area contributed by atoms with Gasteiger partial charge in [-0.25, -0.2) is 8.42 Å². The maximum absolute atomic E-state index is 12.8. The zero-order valence-electron chi connectivity index (χ0n) is 16.8. The molecule has 2 atom stereocenters. The van der Waals surface area contributed by atoms with E-state index in [1.54, 1.807) is 18.2 Å². The van der Waals surface area contributed by atoms with E-state index in [1.807, 2.05) is 0 Å². The monoisotopic (exact) mass is 448 g/mol. The number of hydrogen-bond acceptors (Lipinski definition) is 8. The van der Waals surface area contributed by atoms with Crippen LogP contribution in [0.25, 0.3) is 0 Å². The Kier molecular flexibility index (Phi) is 5.91. The molecule has 2 saturated heterocycles. The highest BCUT2D eigenvalue weighted by Crippen LogP contribution is 2.28. The summed E-state index contributed by atoms with van der Waals surface area (Å²) < 4.78 is 24.1. The number of amides is 4. The van der Waals surface area contributed by atoms with Crippen LogP contribution < -0.4 is 16.0 Å². The number of rotatable bonds is 6. The van der Waals surface area contributed by atoms with Crippen LogP contribution in [0, 0.1) is 0 Å². The van der Waals surface area contributed by atoms with Gasteiger partial charge < -0.3 is 10.6 Å². The van der Waals surface area contributed by atoms with E-state index in [4.69, 9.17) is 0 Å². The van der Waals surface area contributed by atoms with E-state index in [1.165, 1.54) is 0 Å². The van der Waals surface area contributed by atoms with Crippen LogP contribution in [-0.4, -0.2) is 73.6 Å². The molecule has 10 nitrogen and oxygen atoms in total. The van der Waals surface area contributed by atoms with Gasteiger partial charge >= 0.3 is 0 Å². The Labute approximate surface area is 179 Å². The van der Waals surface area contributed by atoms with Crippen molar-refractivity contribution in [3.63, 3.8) is 0 Å². The quantitative estimate of drug-likeness (QED) is 0.370. The molecule has 11 heteroatoms. The van der Waals surface area contributed by atoms with Crippen molar-refractivity contribution in [2.75, 3.05) is 25.4 Å². The van der Waals surface area contributed by atoms with Gasteiger partial charge in [0.05, 0.1) is 22.1 Å². The van der Waals surface area contributed by atoms with E-state index in [0.717, 1.165) is 10.5 Å². The van der Waals surface area contributed by atoms with Gasteiger partial charge in [0.2, 0.25) is 11.8 Å². The molecular weight excluding hydrogens is 424 g/mol. The number of nitrogens with zero attached hydrogens (tertiary/aromatic N) is 1. The van der Waals surface area contributed by atoms with E-state index in [2.05, 4.69) is 16.0 Å². The van der Waals surface area contributed by atoms with E-state index in [0.29, 0.717) is 32.6 Å². The summed E-state index contributed by atoms with van der Waals surface area (Å²) in [7, 11) is -3.06. The summed E-state index contributed by atoms with van der Waals surface area (Å²) in [5.41, 5.74) is 1.24. The van der Waals surface area contributed by atoms with Crippen LogP contribution in [0.4, 0.5) is 0 Å². The predicted octanol–water partition coefficient (Wildman–Crippen LogP) is -1.05. The molecule has 0 aromatic heterocycles. The number of carbonyl (C=O) groups excluding carboxylic acids is 4. The molecule has 4 rings (SSSR count). The zero-order chi connectivity index (χ0) is 22.2. The second kappa shape index (κ2) is 8.48. The summed E-state index contributed by atoms with van der Waals surface area (Å²) >= 11 is 0. The molecule has 3 aliphatic heterocycles. The van der Waals surface area contributed by atoms with Crippen LogP contribution in [0.3, 0.4) is 0 Å². The second-order valence-electron chi connectivity index (χ2n) is 7.99. The van der Waals surface area contributed by atoms with Crippen LogP contribution in [0.2, 0.25) is 0 Å². The summed E-state index contributed by atoms with van der Waals surface area (Å²) in [6.07, 6.45) is 0.676. The third-order valence-corrected chi connectivity index (χ3v) is 8.11. The largest absolute Gasteiger partial charge is 0.314 e. The lowest BCUT2D eigenvalue weighted by molar-refractivity contribution is -0.136. The van der Waals surface area contributed by atoms with Gasteiger partial charge in [-0.05, 0) is 37.1 Å². The molecule has 3 heterocycles. The van der Waals surface area contributed by atoms with E-state index in [-0.39, 0.29) is 29.7 Å². The standard InChI is InChI=1S/C20H24N4O6S/c25-17-4-3-16(18(26)23-17)24-19(27)14-2-1-12(9-15(14)20(24)28)10-21-6-5-13-11-22-7-8-31(13,29)30/h1-2,9,13,16,21-22H,3-8,10-11H2,(H,23,25,26). The summed E-state index contributed by atoms with van der Waals surface area (Å²) in [6.45, 7) is 1.85. The van der Waals surface area contributed by atoms with Crippen LogP contribution in [0.5, 0.6) is 0 Å². The summed E-state index contributed by atoms with van der Waals surface area (Å²) in [5.74, 6) is -1.98. The zero-order valence-corrected chi connectivity index (χ0v) is 17.7. The molecule has 4 amide bonds. The molecule has 31 heavy (non-hydrogen) atoms. The predicted molar refractivity (Wildman–Crippen MR) is 110 cm³/mol. The lowest BCUT2D eigenvalue weighted by atomic mass is 10.0. The van der Waals surface area contributed by atoms with E-state index < -0.39 is 44.8 Å². The third kappa shape index (κ3) is 4.25. The Morgan fingerprint density at radius 1 is 1.10 bits per heavy atom. The SMILES string of the molecule is O=C1CCC(N2C(=O)c3ccc(CNCCC4CNCCS4(=O)=O)cc3C2=O)C(=O)N1. The molecule has 0 saturated carbocycles. The molecule has 0 aliphatic carbocycles. The van der Waals surface area contributed by atoms with Gasteiger partial charge in [-0.1, -0.05) is 6.07 Å². The highest BCUT2D eigenvalue weighted by Gasteiger charge is 2.44. The molecule has 1 aromatic rings. The van der Waals surface area contributed by atoms with Gasteiger partial charge in [-0.2, -0.15) is 0 Å². The molecule has 1 aromatic carbocycles. The van der Waals surface area contributed by atoms with Crippen LogP contribution in [0.1, 0.15) is 45.5 Å². The minimum Gasteiger partial charge on any atom is -0.314 e. The molecular formula is C20H24N4O6S. The van der Waals surface area contributed by atoms with Crippen LogP contribution in [-0.2, 0) is 26.0 Å². The van der Waals surface area contributed by atoms with Crippen molar-refractivity contribution in [2.45, 2.75) is 37.1 Å². The number of imide groups is 2. The molecule has 3 aliphatic rings. The first kappa shape index (κ1) is 21.6. The Morgan fingerprint density at radius 3 is 2.61 bits per heavy atom. The Hall–Kier alpha value is -2.63. The molecule has 2 unspecified atom stereocenters. The fraction of sp³-hybridized carbons (Fsp3) is 0.500. The number of fused-ring (bicyclic) bond motifs is 1. The van der Waals surface area contributed by atoms with Crippen molar-refractivity contribution in [1.29, 1.82) is 0 Å². The molecule has 0 bridgehead atoms.